The Hall–Kier alpha value is -1.88. The number of piperidine rings is 1. The first-order valence-corrected chi connectivity index (χ1v) is 6.66. The number of nitrogen functional groups attached to an aromatic ring is 1. The number of aromatic nitrogens is 2. The van der Waals surface area contributed by atoms with E-state index < -0.39 is 0 Å². The molecule has 5 heteroatoms. The number of nitrogens with two attached hydrogens (primary N) is 1. The molecule has 5 nitrogen and oxygen atoms in total. The fraction of sp³-hybridized carbons (Fsp3) is 0.429. The van der Waals surface area contributed by atoms with Crippen LogP contribution in [0.5, 0.6) is 0 Å². The number of anilines is 2. The molecule has 3 rings (SSSR count). The molecule has 1 aromatic heterocycles. The highest BCUT2D eigenvalue weighted by Gasteiger charge is 2.21. The number of benzene rings is 1. The normalized spacial score (nSPS) is 17.0. The van der Waals surface area contributed by atoms with E-state index in [0.717, 1.165) is 42.8 Å². The maximum Gasteiger partial charge on any atom is 0.172 e. The smallest absolute Gasteiger partial charge is 0.172 e. The largest absolute Gasteiger partial charge is 0.396 e. The molecule has 2 heterocycles. The minimum absolute atomic E-state index is 0.271. The van der Waals surface area contributed by atoms with Crippen LogP contribution in [0.25, 0.3) is 11.0 Å². The predicted molar refractivity (Wildman–Crippen MR) is 76.0 cm³/mol. The van der Waals surface area contributed by atoms with Crippen molar-refractivity contribution >= 4 is 22.7 Å². The second-order valence-corrected chi connectivity index (χ2v) is 5.03. The van der Waals surface area contributed by atoms with Gasteiger partial charge in [0.2, 0.25) is 0 Å². The molecular formula is C14H18N4O. The highest BCUT2D eigenvalue weighted by atomic mass is 16.3. The van der Waals surface area contributed by atoms with Gasteiger partial charge in [0.05, 0.1) is 11.0 Å². The summed E-state index contributed by atoms with van der Waals surface area (Å²) in [6.45, 7) is 2.03. The highest BCUT2D eigenvalue weighted by molar-refractivity contribution is 5.79. The molecule has 0 atom stereocenters. The number of fused-ring (bicyclic) bond motifs is 1. The van der Waals surface area contributed by atoms with Crippen molar-refractivity contribution in [1.29, 1.82) is 0 Å². The third-order valence-electron chi connectivity index (χ3n) is 3.75. The van der Waals surface area contributed by atoms with Gasteiger partial charge in [-0.1, -0.05) is 12.1 Å². The molecule has 100 valence electrons. The molecule has 0 amide bonds. The molecule has 3 N–H and O–H groups in total. The molecule has 1 fully saturated rings. The first-order chi connectivity index (χ1) is 9.28. The number of nitrogens with zero attached hydrogens (tertiary/aromatic N) is 3. The topological polar surface area (TPSA) is 75.3 Å². The number of hydrogen-bond acceptors (Lipinski definition) is 5. The number of aliphatic hydroxyl groups excluding tert-OH is 1. The second-order valence-electron chi connectivity index (χ2n) is 5.03. The predicted octanol–water partition coefficient (Wildman–Crippen LogP) is 1.42. The van der Waals surface area contributed by atoms with E-state index in [1.165, 1.54) is 0 Å². The summed E-state index contributed by atoms with van der Waals surface area (Å²) < 4.78 is 0. The van der Waals surface area contributed by atoms with Gasteiger partial charge in [-0.15, -0.1) is 0 Å². The molecule has 0 bridgehead atoms. The summed E-state index contributed by atoms with van der Waals surface area (Å²) in [5, 5.41) is 9.17. The van der Waals surface area contributed by atoms with Crippen LogP contribution in [0.2, 0.25) is 0 Å². The molecule has 2 aromatic rings. The average Bonchev–Trinajstić information content (AvgIpc) is 2.47. The van der Waals surface area contributed by atoms with Crippen LogP contribution < -0.4 is 10.6 Å². The summed E-state index contributed by atoms with van der Waals surface area (Å²) in [7, 11) is 0. The zero-order chi connectivity index (χ0) is 13.2. The first-order valence-electron chi connectivity index (χ1n) is 6.66. The molecule has 1 saturated heterocycles. The Balaban J connectivity index is 1.90. The van der Waals surface area contributed by atoms with Gasteiger partial charge < -0.3 is 15.7 Å². The van der Waals surface area contributed by atoms with Crippen molar-refractivity contribution < 1.29 is 5.11 Å². The van der Waals surface area contributed by atoms with Crippen molar-refractivity contribution in [3.05, 3.63) is 24.3 Å². The van der Waals surface area contributed by atoms with Crippen LogP contribution >= 0.6 is 0 Å². The average molecular weight is 258 g/mol. The van der Waals surface area contributed by atoms with Crippen molar-refractivity contribution in [2.24, 2.45) is 5.92 Å². The summed E-state index contributed by atoms with van der Waals surface area (Å²) in [5.41, 5.74) is 7.72. The van der Waals surface area contributed by atoms with E-state index in [9.17, 15) is 5.11 Å². The minimum atomic E-state index is 0.271. The van der Waals surface area contributed by atoms with Gasteiger partial charge in [0, 0.05) is 19.7 Å². The van der Waals surface area contributed by atoms with E-state index >= 15 is 0 Å². The summed E-state index contributed by atoms with van der Waals surface area (Å²) in [6, 6.07) is 7.75. The maximum absolute atomic E-state index is 9.17. The number of aliphatic hydroxyl groups is 1. The fourth-order valence-electron chi connectivity index (χ4n) is 2.56. The van der Waals surface area contributed by atoms with E-state index in [4.69, 9.17) is 5.73 Å². The zero-order valence-electron chi connectivity index (χ0n) is 10.8. The zero-order valence-corrected chi connectivity index (χ0v) is 10.8. The van der Waals surface area contributed by atoms with Crippen LogP contribution in [0.15, 0.2) is 24.3 Å². The molecule has 1 aromatic carbocycles. The van der Waals surface area contributed by atoms with Crippen LogP contribution in [0.1, 0.15) is 12.8 Å². The van der Waals surface area contributed by atoms with Gasteiger partial charge >= 0.3 is 0 Å². The molecule has 0 saturated carbocycles. The van der Waals surface area contributed by atoms with Crippen molar-refractivity contribution in [2.45, 2.75) is 12.8 Å². The van der Waals surface area contributed by atoms with Crippen molar-refractivity contribution in [3.63, 3.8) is 0 Å². The SMILES string of the molecule is Nc1nc2ccccc2nc1N1CCC(CO)CC1. The second kappa shape index (κ2) is 5.01. The minimum Gasteiger partial charge on any atom is -0.396 e. The number of rotatable bonds is 2. The van der Waals surface area contributed by atoms with Gasteiger partial charge in [-0.05, 0) is 30.9 Å². The van der Waals surface area contributed by atoms with Crippen molar-refractivity contribution in [1.82, 2.24) is 9.97 Å². The third kappa shape index (κ3) is 2.33. The standard InChI is InChI=1S/C14H18N4O/c15-13-14(18-7-5-10(9-19)6-8-18)17-12-4-2-1-3-11(12)16-13/h1-4,10,19H,5-9H2,(H2,15,16). The molecule has 1 aliphatic heterocycles. The maximum atomic E-state index is 9.17. The lowest BCUT2D eigenvalue weighted by molar-refractivity contribution is 0.203. The Morgan fingerprint density at radius 2 is 1.79 bits per heavy atom. The van der Waals surface area contributed by atoms with Crippen LogP contribution in [0.4, 0.5) is 11.6 Å². The molecule has 19 heavy (non-hydrogen) atoms. The molecule has 1 aliphatic rings. The van der Waals surface area contributed by atoms with Gasteiger partial charge in [-0.3, -0.25) is 0 Å². The lowest BCUT2D eigenvalue weighted by Gasteiger charge is -2.32. The molecular weight excluding hydrogens is 240 g/mol. The monoisotopic (exact) mass is 258 g/mol. The highest BCUT2D eigenvalue weighted by Crippen LogP contribution is 2.26. The summed E-state index contributed by atoms with van der Waals surface area (Å²) >= 11 is 0. The van der Waals surface area contributed by atoms with E-state index in [1.54, 1.807) is 0 Å². The summed E-state index contributed by atoms with van der Waals surface area (Å²) in [6.07, 6.45) is 1.95. The van der Waals surface area contributed by atoms with E-state index in [1.807, 2.05) is 24.3 Å². The molecule has 0 aliphatic carbocycles. The van der Waals surface area contributed by atoms with Gasteiger partial charge in [-0.25, -0.2) is 9.97 Å². The van der Waals surface area contributed by atoms with E-state index in [0.29, 0.717) is 11.7 Å². The summed E-state index contributed by atoms with van der Waals surface area (Å²) in [4.78, 5) is 11.2. The van der Waals surface area contributed by atoms with Crippen LogP contribution in [-0.4, -0.2) is 34.8 Å². The van der Waals surface area contributed by atoms with Gasteiger partial charge in [-0.2, -0.15) is 0 Å². The Morgan fingerprint density at radius 1 is 1.16 bits per heavy atom. The Morgan fingerprint density at radius 3 is 2.42 bits per heavy atom. The quantitative estimate of drug-likeness (QED) is 0.852. The van der Waals surface area contributed by atoms with Crippen LogP contribution in [-0.2, 0) is 0 Å². The van der Waals surface area contributed by atoms with Crippen molar-refractivity contribution in [2.75, 3.05) is 30.3 Å². The Kier molecular flexibility index (Phi) is 3.21. The first kappa shape index (κ1) is 12.2. The number of hydrogen-bond donors (Lipinski definition) is 2. The fourth-order valence-corrected chi connectivity index (χ4v) is 2.56. The Labute approximate surface area is 112 Å². The Bertz CT molecular complexity index is 579. The molecule has 0 spiro atoms. The molecule has 0 radical (unpaired) electrons. The number of para-hydroxylation sites is 2. The van der Waals surface area contributed by atoms with E-state index in [2.05, 4.69) is 14.9 Å². The lowest BCUT2D eigenvalue weighted by Crippen LogP contribution is -2.35. The van der Waals surface area contributed by atoms with Gasteiger partial charge in [0.1, 0.15) is 0 Å². The lowest BCUT2D eigenvalue weighted by atomic mass is 9.98. The van der Waals surface area contributed by atoms with E-state index in [-0.39, 0.29) is 6.61 Å². The van der Waals surface area contributed by atoms with Crippen LogP contribution in [0, 0.1) is 5.92 Å². The van der Waals surface area contributed by atoms with Gasteiger partial charge in [0.25, 0.3) is 0 Å². The third-order valence-corrected chi connectivity index (χ3v) is 3.75. The van der Waals surface area contributed by atoms with Gasteiger partial charge in [0.15, 0.2) is 11.6 Å². The summed E-state index contributed by atoms with van der Waals surface area (Å²) in [5.74, 6) is 1.67. The molecule has 0 unspecified atom stereocenters. The van der Waals surface area contributed by atoms with Crippen molar-refractivity contribution in [3.8, 4) is 0 Å². The van der Waals surface area contributed by atoms with Crippen LogP contribution in [0.3, 0.4) is 0 Å².